The fourth-order valence-electron chi connectivity index (χ4n) is 1.52. The molecular weight excluding hydrogens is 230 g/mol. The second-order valence-electron chi connectivity index (χ2n) is 3.86. The third kappa shape index (κ3) is 2.88. The number of oxazole rings is 1. The van der Waals surface area contributed by atoms with Crippen molar-refractivity contribution in [1.29, 1.82) is 0 Å². The Kier molecular flexibility index (Phi) is 3.62. The van der Waals surface area contributed by atoms with Gasteiger partial charge in [-0.2, -0.15) is 4.98 Å². The average molecular weight is 245 g/mol. The lowest BCUT2D eigenvalue weighted by atomic mass is 10.2. The molecule has 18 heavy (non-hydrogen) atoms. The van der Waals surface area contributed by atoms with Gasteiger partial charge >= 0.3 is 6.01 Å². The molecule has 1 aromatic carbocycles. The van der Waals surface area contributed by atoms with Crippen LogP contribution in [0.4, 0.5) is 11.7 Å². The molecule has 0 bridgehead atoms. The standard InChI is InChI=1S/C13H15N3O2/c1-3-14-11-6-4-10(5-7-11)12(17)16-13-15-9(2)8-18-13/h4-8,14H,3H2,1-2H3,(H,15,16,17). The summed E-state index contributed by atoms with van der Waals surface area (Å²) >= 11 is 0. The van der Waals surface area contributed by atoms with E-state index in [1.54, 1.807) is 19.1 Å². The molecule has 2 aromatic rings. The van der Waals surface area contributed by atoms with Crippen LogP contribution in [0.5, 0.6) is 0 Å². The molecule has 2 rings (SSSR count). The third-order valence-corrected chi connectivity index (χ3v) is 2.37. The summed E-state index contributed by atoms with van der Waals surface area (Å²) in [6.45, 7) is 4.66. The highest BCUT2D eigenvalue weighted by Gasteiger charge is 2.09. The van der Waals surface area contributed by atoms with Gasteiger partial charge in [0, 0.05) is 17.8 Å². The predicted molar refractivity (Wildman–Crippen MR) is 69.8 cm³/mol. The van der Waals surface area contributed by atoms with E-state index in [0.29, 0.717) is 5.56 Å². The number of aromatic nitrogens is 1. The van der Waals surface area contributed by atoms with Crippen molar-refractivity contribution in [1.82, 2.24) is 4.98 Å². The monoisotopic (exact) mass is 245 g/mol. The maximum atomic E-state index is 11.9. The number of anilines is 2. The third-order valence-electron chi connectivity index (χ3n) is 2.37. The van der Waals surface area contributed by atoms with E-state index in [1.807, 2.05) is 19.1 Å². The first-order valence-electron chi connectivity index (χ1n) is 5.76. The Labute approximate surface area is 105 Å². The van der Waals surface area contributed by atoms with Crippen LogP contribution in [-0.4, -0.2) is 17.4 Å². The molecule has 5 nitrogen and oxygen atoms in total. The Morgan fingerprint density at radius 1 is 1.33 bits per heavy atom. The largest absolute Gasteiger partial charge is 0.432 e. The topological polar surface area (TPSA) is 67.2 Å². The van der Waals surface area contributed by atoms with Crippen LogP contribution in [0, 0.1) is 6.92 Å². The van der Waals surface area contributed by atoms with Gasteiger partial charge in [0.15, 0.2) is 0 Å². The zero-order valence-electron chi connectivity index (χ0n) is 10.4. The zero-order valence-corrected chi connectivity index (χ0v) is 10.4. The normalized spacial score (nSPS) is 10.1. The Morgan fingerprint density at radius 3 is 2.61 bits per heavy atom. The first kappa shape index (κ1) is 12.2. The number of hydrogen-bond donors (Lipinski definition) is 2. The van der Waals surface area contributed by atoms with Crippen LogP contribution in [0.3, 0.4) is 0 Å². The number of carbonyl (C=O) groups is 1. The molecule has 0 radical (unpaired) electrons. The van der Waals surface area contributed by atoms with E-state index in [2.05, 4.69) is 15.6 Å². The van der Waals surface area contributed by atoms with E-state index < -0.39 is 0 Å². The Morgan fingerprint density at radius 2 is 2.06 bits per heavy atom. The van der Waals surface area contributed by atoms with Gasteiger partial charge in [0.2, 0.25) is 0 Å². The van der Waals surface area contributed by atoms with E-state index in [4.69, 9.17) is 4.42 Å². The maximum Gasteiger partial charge on any atom is 0.301 e. The molecule has 5 heteroatoms. The van der Waals surface area contributed by atoms with Crippen molar-refractivity contribution in [2.24, 2.45) is 0 Å². The summed E-state index contributed by atoms with van der Waals surface area (Å²) in [6, 6.07) is 7.44. The summed E-state index contributed by atoms with van der Waals surface area (Å²) in [5.74, 6) is -0.236. The molecule has 0 unspecified atom stereocenters. The Bertz CT molecular complexity index is 531. The van der Waals surface area contributed by atoms with Crippen molar-refractivity contribution >= 4 is 17.6 Å². The smallest absolute Gasteiger partial charge is 0.301 e. The van der Waals surface area contributed by atoms with Crippen molar-refractivity contribution in [3.05, 3.63) is 41.8 Å². The molecule has 1 heterocycles. The van der Waals surface area contributed by atoms with Gasteiger partial charge in [-0.3, -0.25) is 10.1 Å². The van der Waals surface area contributed by atoms with Gasteiger partial charge in [-0.15, -0.1) is 0 Å². The number of aryl methyl sites for hydroxylation is 1. The zero-order chi connectivity index (χ0) is 13.0. The number of benzene rings is 1. The quantitative estimate of drug-likeness (QED) is 0.869. The van der Waals surface area contributed by atoms with Gasteiger partial charge in [-0.1, -0.05) is 0 Å². The van der Waals surface area contributed by atoms with Crippen molar-refractivity contribution < 1.29 is 9.21 Å². The summed E-state index contributed by atoms with van der Waals surface area (Å²) in [4.78, 5) is 15.9. The van der Waals surface area contributed by atoms with Crippen molar-refractivity contribution in [3.63, 3.8) is 0 Å². The van der Waals surface area contributed by atoms with E-state index >= 15 is 0 Å². The molecule has 0 aliphatic rings. The highest BCUT2D eigenvalue weighted by Crippen LogP contribution is 2.12. The number of rotatable bonds is 4. The van der Waals surface area contributed by atoms with E-state index in [-0.39, 0.29) is 11.9 Å². The van der Waals surface area contributed by atoms with Gasteiger partial charge in [0.25, 0.3) is 5.91 Å². The lowest BCUT2D eigenvalue weighted by Crippen LogP contribution is -2.12. The van der Waals surface area contributed by atoms with Crippen LogP contribution in [0.25, 0.3) is 0 Å². The minimum absolute atomic E-state index is 0.216. The maximum absolute atomic E-state index is 11.9. The average Bonchev–Trinajstić information content (AvgIpc) is 2.76. The highest BCUT2D eigenvalue weighted by molar-refractivity contribution is 6.03. The summed E-state index contributed by atoms with van der Waals surface area (Å²) in [6.07, 6.45) is 1.49. The molecule has 0 spiro atoms. The molecule has 94 valence electrons. The van der Waals surface area contributed by atoms with Crippen LogP contribution < -0.4 is 10.6 Å². The summed E-state index contributed by atoms with van der Waals surface area (Å²) < 4.78 is 5.06. The Hall–Kier alpha value is -2.30. The minimum atomic E-state index is -0.236. The fourth-order valence-corrected chi connectivity index (χ4v) is 1.52. The number of amides is 1. The molecule has 2 N–H and O–H groups in total. The first-order valence-corrected chi connectivity index (χ1v) is 5.76. The van der Waals surface area contributed by atoms with Crippen molar-refractivity contribution in [2.45, 2.75) is 13.8 Å². The fraction of sp³-hybridized carbons (Fsp3) is 0.231. The van der Waals surface area contributed by atoms with Gasteiger partial charge in [-0.25, -0.2) is 0 Å². The van der Waals surface area contributed by atoms with Crippen molar-refractivity contribution in [2.75, 3.05) is 17.2 Å². The molecule has 0 saturated heterocycles. The number of nitrogens with zero attached hydrogens (tertiary/aromatic N) is 1. The van der Waals surface area contributed by atoms with Crippen LogP contribution >= 0.6 is 0 Å². The summed E-state index contributed by atoms with van der Waals surface area (Å²) in [5.41, 5.74) is 2.28. The summed E-state index contributed by atoms with van der Waals surface area (Å²) in [7, 11) is 0. The van der Waals surface area contributed by atoms with Gasteiger partial charge in [-0.05, 0) is 38.1 Å². The van der Waals surface area contributed by atoms with Crippen LogP contribution in [0.1, 0.15) is 23.0 Å². The first-order chi connectivity index (χ1) is 8.69. The predicted octanol–water partition coefficient (Wildman–Crippen LogP) is 2.67. The van der Waals surface area contributed by atoms with E-state index in [9.17, 15) is 4.79 Å². The highest BCUT2D eigenvalue weighted by atomic mass is 16.4. The lowest BCUT2D eigenvalue weighted by molar-refractivity contribution is 0.102. The molecule has 1 aromatic heterocycles. The molecule has 0 aliphatic carbocycles. The molecule has 0 saturated carbocycles. The number of nitrogens with one attached hydrogen (secondary N) is 2. The molecule has 0 atom stereocenters. The SMILES string of the molecule is CCNc1ccc(C(=O)Nc2nc(C)co2)cc1. The minimum Gasteiger partial charge on any atom is -0.432 e. The molecular formula is C13H15N3O2. The summed E-state index contributed by atoms with van der Waals surface area (Å²) in [5, 5.41) is 5.76. The molecule has 0 aliphatic heterocycles. The van der Waals surface area contributed by atoms with Crippen molar-refractivity contribution in [3.8, 4) is 0 Å². The van der Waals surface area contributed by atoms with E-state index in [0.717, 1.165) is 17.9 Å². The van der Waals surface area contributed by atoms with Gasteiger partial charge in [0.05, 0.1) is 5.69 Å². The number of carbonyl (C=O) groups excluding carboxylic acids is 1. The molecule has 1 amide bonds. The van der Waals surface area contributed by atoms with E-state index in [1.165, 1.54) is 6.26 Å². The van der Waals surface area contributed by atoms with Crippen LogP contribution in [0.15, 0.2) is 34.9 Å². The van der Waals surface area contributed by atoms with Crippen LogP contribution in [0.2, 0.25) is 0 Å². The molecule has 0 fully saturated rings. The second kappa shape index (κ2) is 5.35. The van der Waals surface area contributed by atoms with Gasteiger partial charge < -0.3 is 9.73 Å². The second-order valence-corrected chi connectivity index (χ2v) is 3.86. The lowest BCUT2D eigenvalue weighted by Gasteiger charge is -2.04. The number of hydrogen-bond acceptors (Lipinski definition) is 4. The van der Waals surface area contributed by atoms with Crippen LogP contribution in [-0.2, 0) is 0 Å². The van der Waals surface area contributed by atoms with Gasteiger partial charge in [0.1, 0.15) is 6.26 Å². The Balaban J connectivity index is 2.04.